The molecule has 2 rings (SSSR count). The Hall–Kier alpha value is -3.16. The average molecular weight is 289 g/mol. The number of hydrogen-bond donors (Lipinski definition) is 3. The number of aromatic nitrogens is 2. The lowest BCUT2D eigenvalue weighted by Crippen LogP contribution is -2.06. The molecule has 3 N–H and O–H groups in total. The van der Waals surface area contributed by atoms with E-state index in [1.165, 1.54) is 31.4 Å². The lowest BCUT2D eigenvalue weighted by atomic mass is 10.2. The number of benzene rings is 1. The molecule has 8 heteroatoms. The summed E-state index contributed by atoms with van der Waals surface area (Å²) in [5.74, 6) is -1.71. The fraction of sp³-hybridized carbons (Fsp3) is 0.0769. The van der Waals surface area contributed by atoms with Crippen molar-refractivity contribution >= 4 is 23.4 Å². The van der Waals surface area contributed by atoms with Crippen molar-refractivity contribution in [3.63, 3.8) is 0 Å². The number of ether oxygens (including phenoxy) is 1. The molecular formula is C13H11N3O5. The first-order valence-corrected chi connectivity index (χ1v) is 5.76. The number of carboxylic acids is 1. The van der Waals surface area contributed by atoms with Gasteiger partial charge in [-0.1, -0.05) is 0 Å². The van der Waals surface area contributed by atoms with Crippen LogP contribution >= 0.6 is 0 Å². The Balaban J connectivity index is 2.18. The second-order valence-corrected chi connectivity index (χ2v) is 3.96. The van der Waals surface area contributed by atoms with Gasteiger partial charge in [-0.2, -0.15) is 0 Å². The number of rotatable bonds is 4. The van der Waals surface area contributed by atoms with E-state index in [4.69, 9.17) is 5.11 Å². The van der Waals surface area contributed by atoms with Crippen LogP contribution in [0.5, 0.6) is 5.75 Å². The summed E-state index contributed by atoms with van der Waals surface area (Å²) in [5, 5.41) is 28.7. The van der Waals surface area contributed by atoms with Gasteiger partial charge in [0, 0.05) is 0 Å². The maximum Gasteiger partial charge on any atom is 0.358 e. The van der Waals surface area contributed by atoms with E-state index in [-0.39, 0.29) is 28.5 Å². The maximum absolute atomic E-state index is 11.2. The summed E-state index contributed by atoms with van der Waals surface area (Å²) >= 11 is 0. The van der Waals surface area contributed by atoms with Crippen molar-refractivity contribution in [3.05, 3.63) is 41.6 Å². The van der Waals surface area contributed by atoms with Gasteiger partial charge in [0.15, 0.2) is 11.5 Å². The van der Waals surface area contributed by atoms with Crippen LogP contribution in [-0.2, 0) is 4.74 Å². The summed E-state index contributed by atoms with van der Waals surface area (Å²) < 4.78 is 4.49. The molecule has 2 aromatic rings. The monoisotopic (exact) mass is 289 g/mol. The topological polar surface area (TPSA) is 122 Å². The van der Waals surface area contributed by atoms with Crippen LogP contribution in [0.3, 0.4) is 0 Å². The molecule has 0 unspecified atom stereocenters. The molecule has 21 heavy (non-hydrogen) atoms. The first kappa shape index (κ1) is 14.3. The molecule has 0 spiro atoms. The van der Waals surface area contributed by atoms with E-state index in [1.54, 1.807) is 0 Å². The second kappa shape index (κ2) is 5.87. The van der Waals surface area contributed by atoms with Crippen LogP contribution in [0.1, 0.15) is 20.8 Å². The fourth-order valence-corrected chi connectivity index (χ4v) is 1.52. The molecule has 0 radical (unpaired) electrons. The molecule has 0 saturated heterocycles. The zero-order valence-corrected chi connectivity index (χ0v) is 10.9. The van der Waals surface area contributed by atoms with Crippen LogP contribution in [0.4, 0.5) is 11.5 Å². The van der Waals surface area contributed by atoms with Crippen molar-refractivity contribution < 1.29 is 24.5 Å². The van der Waals surface area contributed by atoms with Gasteiger partial charge in [0.1, 0.15) is 5.75 Å². The van der Waals surface area contributed by atoms with Gasteiger partial charge < -0.3 is 20.3 Å². The number of nitrogens with one attached hydrogen (secondary N) is 1. The normalized spacial score (nSPS) is 9.95. The predicted molar refractivity (Wildman–Crippen MR) is 71.7 cm³/mol. The Bertz CT molecular complexity index is 685. The number of aromatic carboxylic acids is 1. The standard InChI is InChI=1S/C13H11N3O5/c1-21-13(20)9-4-5-11(16-15-9)14-8-3-2-7(12(18)19)6-10(8)17/h2-6,17H,1H3,(H,14,16)(H,18,19). The number of aromatic hydroxyl groups is 1. The van der Waals surface area contributed by atoms with Crippen molar-refractivity contribution in [1.29, 1.82) is 0 Å². The van der Waals surface area contributed by atoms with Crippen LogP contribution in [0, 0.1) is 0 Å². The molecule has 1 heterocycles. The predicted octanol–water partition coefficient (Wildman–Crippen LogP) is 1.41. The Kier molecular flexibility index (Phi) is 3.98. The van der Waals surface area contributed by atoms with Crippen molar-refractivity contribution in [2.75, 3.05) is 12.4 Å². The summed E-state index contributed by atoms with van der Waals surface area (Å²) in [6, 6.07) is 6.73. The molecule has 0 amide bonds. The smallest absolute Gasteiger partial charge is 0.358 e. The Morgan fingerprint density at radius 3 is 2.48 bits per heavy atom. The van der Waals surface area contributed by atoms with Crippen LogP contribution in [0.15, 0.2) is 30.3 Å². The molecule has 8 nitrogen and oxygen atoms in total. The van der Waals surface area contributed by atoms with Crippen LogP contribution in [0.2, 0.25) is 0 Å². The molecule has 0 bridgehead atoms. The highest BCUT2D eigenvalue weighted by Crippen LogP contribution is 2.26. The summed E-state index contributed by atoms with van der Waals surface area (Å²) in [6.45, 7) is 0. The molecule has 0 fully saturated rings. The number of nitrogens with zero attached hydrogens (tertiary/aromatic N) is 2. The van der Waals surface area contributed by atoms with Crippen LogP contribution < -0.4 is 5.32 Å². The van der Waals surface area contributed by atoms with Crippen molar-refractivity contribution in [3.8, 4) is 5.75 Å². The molecule has 1 aromatic carbocycles. The summed E-state index contributed by atoms with van der Waals surface area (Å²) in [5.41, 5.74) is 0.277. The highest BCUT2D eigenvalue weighted by molar-refractivity contribution is 5.89. The van der Waals surface area contributed by atoms with E-state index in [2.05, 4.69) is 20.3 Å². The van der Waals surface area contributed by atoms with E-state index in [1.807, 2.05) is 0 Å². The molecule has 0 aliphatic heterocycles. The van der Waals surface area contributed by atoms with E-state index in [0.29, 0.717) is 0 Å². The summed E-state index contributed by atoms with van der Waals surface area (Å²) in [7, 11) is 1.23. The van der Waals surface area contributed by atoms with Gasteiger partial charge in [-0.25, -0.2) is 9.59 Å². The van der Waals surface area contributed by atoms with Gasteiger partial charge in [-0.3, -0.25) is 0 Å². The van der Waals surface area contributed by atoms with Crippen LogP contribution in [0.25, 0.3) is 0 Å². The lowest BCUT2D eigenvalue weighted by Gasteiger charge is -2.08. The molecule has 0 saturated carbocycles. The molecule has 108 valence electrons. The van der Waals surface area contributed by atoms with Crippen molar-refractivity contribution in [2.24, 2.45) is 0 Å². The van der Waals surface area contributed by atoms with Gasteiger partial charge in [-0.05, 0) is 30.3 Å². The number of carbonyl (C=O) groups excluding carboxylic acids is 1. The minimum Gasteiger partial charge on any atom is -0.506 e. The molecule has 1 aromatic heterocycles. The number of phenols is 1. The highest BCUT2D eigenvalue weighted by Gasteiger charge is 2.10. The summed E-state index contributed by atoms with van der Waals surface area (Å²) in [4.78, 5) is 22.0. The average Bonchev–Trinajstić information content (AvgIpc) is 2.49. The fourth-order valence-electron chi connectivity index (χ4n) is 1.52. The van der Waals surface area contributed by atoms with Crippen LogP contribution in [-0.4, -0.2) is 39.5 Å². The highest BCUT2D eigenvalue weighted by atomic mass is 16.5. The number of anilines is 2. The Labute approximate surface area is 119 Å². The Morgan fingerprint density at radius 2 is 1.95 bits per heavy atom. The van der Waals surface area contributed by atoms with E-state index < -0.39 is 11.9 Å². The minimum atomic E-state index is -1.14. The summed E-state index contributed by atoms with van der Waals surface area (Å²) in [6.07, 6.45) is 0. The number of carbonyl (C=O) groups is 2. The van der Waals surface area contributed by atoms with Gasteiger partial charge >= 0.3 is 11.9 Å². The van der Waals surface area contributed by atoms with E-state index in [9.17, 15) is 14.7 Å². The zero-order valence-electron chi connectivity index (χ0n) is 10.9. The second-order valence-electron chi connectivity index (χ2n) is 3.96. The first-order valence-electron chi connectivity index (χ1n) is 5.76. The van der Waals surface area contributed by atoms with Crippen molar-refractivity contribution in [2.45, 2.75) is 0 Å². The lowest BCUT2D eigenvalue weighted by molar-refractivity contribution is 0.0592. The quantitative estimate of drug-likeness (QED) is 0.570. The third-order valence-corrected chi connectivity index (χ3v) is 2.57. The first-order chi connectivity index (χ1) is 10.0. The number of hydrogen-bond acceptors (Lipinski definition) is 7. The third kappa shape index (κ3) is 3.24. The van der Waals surface area contributed by atoms with Gasteiger partial charge in [0.05, 0.1) is 18.4 Å². The number of methoxy groups -OCH3 is 1. The molecule has 0 aliphatic carbocycles. The molecule has 0 atom stereocenters. The number of phenolic OH excluding ortho intramolecular Hbond substituents is 1. The maximum atomic E-state index is 11.2. The SMILES string of the molecule is COC(=O)c1ccc(Nc2ccc(C(=O)O)cc2O)nn1. The zero-order chi connectivity index (χ0) is 15.4. The Morgan fingerprint density at radius 1 is 1.19 bits per heavy atom. The molecule has 0 aliphatic rings. The molecular weight excluding hydrogens is 278 g/mol. The largest absolute Gasteiger partial charge is 0.506 e. The number of esters is 1. The third-order valence-electron chi connectivity index (χ3n) is 2.57. The van der Waals surface area contributed by atoms with E-state index in [0.717, 1.165) is 6.07 Å². The van der Waals surface area contributed by atoms with Crippen molar-refractivity contribution in [1.82, 2.24) is 10.2 Å². The van der Waals surface area contributed by atoms with Gasteiger partial charge in [0.25, 0.3) is 0 Å². The van der Waals surface area contributed by atoms with E-state index >= 15 is 0 Å². The minimum absolute atomic E-state index is 0.0369. The van der Waals surface area contributed by atoms with Gasteiger partial charge in [0.2, 0.25) is 0 Å². The van der Waals surface area contributed by atoms with Gasteiger partial charge in [-0.15, -0.1) is 10.2 Å². The number of carboxylic acid groups (broad SMARTS) is 1.